The third kappa shape index (κ3) is 2.85. The zero-order valence-corrected chi connectivity index (χ0v) is 10.7. The highest BCUT2D eigenvalue weighted by Gasteiger charge is 2.28. The molecule has 0 radical (unpaired) electrons. The minimum atomic E-state index is -1.07. The molecule has 0 spiro atoms. The molecule has 104 valence electrons. The summed E-state index contributed by atoms with van der Waals surface area (Å²) in [4.78, 5) is 12.7. The number of benzene rings is 1. The van der Waals surface area contributed by atoms with Crippen molar-refractivity contribution in [3.05, 3.63) is 29.6 Å². The molecule has 2 rings (SSSR count). The number of piperidine rings is 1. The van der Waals surface area contributed by atoms with Gasteiger partial charge in [0.25, 0.3) is 0 Å². The minimum Gasteiger partial charge on any atom is -0.478 e. The smallest absolute Gasteiger partial charge is 0.335 e. The maximum Gasteiger partial charge on any atom is 0.335 e. The van der Waals surface area contributed by atoms with Gasteiger partial charge in [0.15, 0.2) is 0 Å². The Hall–Kier alpha value is -1.66. The minimum absolute atomic E-state index is 0.0697. The zero-order chi connectivity index (χ0) is 14.0. The van der Waals surface area contributed by atoms with E-state index in [1.165, 1.54) is 18.2 Å². The predicted molar refractivity (Wildman–Crippen MR) is 69.0 cm³/mol. The number of ether oxygens (including phenoxy) is 1. The molecule has 1 aromatic carbocycles. The van der Waals surface area contributed by atoms with E-state index in [9.17, 15) is 9.18 Å². The fraction of sp³-hybridized carbons (Fsp3) is 0.462. The molecule has 1 fully saturated rings. The molecular weight excluding hydrogens is 251 g/mol. The van der Waals surface area contributed by atoms with E-state index in [-0.39, 0.29) is 23.4 Å². The largest absolute Gasteiger partial charge is 0.478 e. The van der Waals surface area contributed by atoms with Crippen LogP contribution in [0, 0.1) is 5.82 Å². The fourth-order valence-electron chi connectivity index (χ4n) is 2.29. The molecule has 1 aliphatic rings. The Bertz CT molecular complexity index is 481. The Balaban J connectivity index is 2.26. The molecule has 0 aliphatic carbocycles. The lowest BCUT2D eigenvalue weighted by molar-refractivity contribution is 0.0696. The van der Waals surface area contributed by atoms with E-state index < -0.39 is 11.8 Å². The summed E-state index contributed by atoms with van der Waals surface area (Å²) in [7, 11) is 1.57. The summed E-state index contributed by atoms with van der Waals surface area (Å²) in [6, 6.07) is 3.70. The normalized spacial score (nSPS) is 23.4. The maximum atomic E-state index is 13.8. The van der Waals surface area contributed by atoms with Gasteiger partial charge in [0.2, 0.25) is 0 Å². The van der Waals surface area contributed by atoms with Gasteiger partial charge in [-0.05, 0) is 24.6 Å². The number of hydrogen-bond acceptors (Lipinski definition) is 4. The Morgan fingerprint density at radius 3 is 2.95 bits per heavy atom. The molecule has 6 heteroatoms. The van der Waals surface area contributed by atoms with Gasteiger partial charge in [0, 0.05) is 26.2 Å². The van der Waals surface area contributed by atoms with E-state index in [2.05, 4.69) is 0 Å². The van der Waals surface area contributed by atoms with Crippen molar-refractivity contribution in [1.29, 1.82) is 0 Å². The second kappa shape index (κ2) is 5.54. The highest BCUT2D eigenvalue weighted by molar-refractivity contribution is 5.88. The van der Waals surface area contributed by atoms with Crippen molar-refractivity contribution in [2.75, 3.05) is 25.1 Å². The number of aromatic carboxylic acids is 1. The number of nitrogens with zero attached hydrogens (tertiary/aromatic N) is 1. The second-order valence-electron chi connectivity index (χ2n) is 4.64. The standard InChI is InChI=1S/C13H17FN2O3/c1-19-12-7-16(5-4-10(12)15)11-6-8(13(17)18)2-3-9(11)14/h2-3,6,10,12H,4-5,7,15H2,1H3,(H,17,18). The van der Waals surface area contributed by atoms with Crippen LogP contribution in [0.3, 0.4) is 0 Å². The summed E-state index contributed by atoms with van der Waals surface area (Å²) < 4.78 is 19.1. The lowest BCUT2D eigenvalue weighted by Crippen LogP contribution is -2.51. The number of carbonyl (C=O) groups is 1. The Labute approximate surface area is 110 Å². The topological polar surface area (TPSA) is 75.8 Å². The van der Waals surface area contributed by atoms with Crippen molar-refractivity contribution in [3.8, 4) is 0 Å². The first-order valence-corrected chi connectivity index (χ1v) is 6.09. The van der Waals surface area contributed by atoms with E-state index in [1.807, 2.05) is 0 Å². The number of rotatable bonds is 3. The number of nitrogens with two attached hydrogens (primary N) is 1. The first-order chi connectivity index (χ1) is 9.02. The number of hydrogen-bond donors (Lipinski definition) is 2. The fourth-order valence-corrected chi connectivity index (χ4v) is 2.29. The molecule has 19 heavy (non-hydrogen) atoms. The average Bonchev–Trinajstić information content (AvgIpc) is 2.40. The van der Waals surface area contributed by atoms with Gasteiger partial charge in [-0.25, -0.2) is 9.18 Å². The lowest BCUT2D eigenvalue weighted by atomic mass is 10.0. The number of carboxylic acid groups (broad SMARTS) is 1. The first-order valence-electron chi connectivity index (χ1n) is 6.09. The van der Waals surface area contributed by atoms with Gasteiger partial charge in [-0.15, -0.1) is 0 Å². The van der Waals surface area contributed by atoms with Crippen LogP contribution < -0.4 is 10.6 Å². The number of halogens is 1. The van der Waals surface area contributed by atoms with Gasteiger partial charge in [0.05, 0.1) is 17.4 Å². The van der Waals surface area contributed by atoms with Crippen LogP contribution in [0.25, 0.3) is 0 Å². The molecule has 1 heterocycles. The molecule has 2 unspecified atom stereocenters. The Morgan fingerprint density at radius 2 is 2.32 bits per heavy atom. The lowest BCUT2D eigenvalue weighted by Gasteiger charge is -2.37. The van der Waals surface area contributed by atoms with Crippen molar-refractivity contribution in [1.82, 2.24) is 0 Å². The van der Waals surface area contributed by atoms with E-state index in [0.29, 0.717) is 19.5 Å². The molecule has 1 saturated heterocycles. The van der Waals surface area contributed by atoms with Crippen LogP contribution in [0.5, 0.6) is 0 Å². The van der Waals surface area contributed by atoms with Gasteiger partial charge in [-0.1, -0.05) is 0 Å². The summed E-state index contributed by atoms with van der Waals surface area (Å²) in [6.07, 6.45) is 0.497. The summed E-state index contributed by atoms with van der Waals surface area (Å²) >= 11 is 0. The van der Waals surface area contributed by atoms with Crippen LogP contribution in [0.2, 0.25) is 0 Å². The van der Waals surface area contributed by atoms with E-state index >= 15 is 0 Å². The summed E-state index contributed by atoms with van der Waals surface area (Å²) in [5.74, 6) is -1.51. The molecule has 0 aromatic heterocycles. The highest BCUT2D eigenvalue weighted by Crippen LogP contribution is 2.25. The van der Waals surface area contributed by atoms with E-state index in [1.54, 1.807) is 12.0 Å². The van der Waals surface area contributed by atoms with Crippen LogP contribution in [0.15, 0.2) is 18.2 Å². The SMILES string of the molecule is COC1CN(c2cc(C(=O)O)ccc2F)CCC1N. The van der Waals surface area contributed by atoms with Crippen LogP contribution in [-0.4, -0.2) is 43.4 Å². The number of anilines is 1. The van der Waals surface area contributed by atoms with Crippen LogP contribution >= 0.6 is 0 Å². The monoisotopic (exact) mass is 268 g/mol. The molecule has 0 saturated carbocycles. The van der Waals surface area contributed by atoms with E-state index in [4.69, 9.17) is 15.6 Å². The number of methoxy groups -OCH3 is 1. The molecule has 3 N–H and O–H groups in total. The Kier molecular flexibility index (Phi) is 4.01. The predicted octanol–water partition coefficient (Wildman–Crippen LogP) is 1.08. The second-order valence-corrected chi connectivity index (χ2v) is 4.64. The van der Waals surface area contributed by atoms with Crippen LogP contribution in [-0.2, 0) is 4.74 Å². The molecule has 2 atom stereocenters. The quantitative estimate of drug-likeness (QED) is 0.857. The highest BCUT2D eigenvalue weighted by atomic mass is 19.1. The molecule has 0 amide bonds. The molecule has 0 bridgehead atoms. The van der Waals surface area contributed by atoms with Crippen molar-refractivity contribution < 1.29 is 19.0 Å². The van der Waals surface area contributed by atoms with Gasteiger partial charge in [0.1, 0.15) is 5.82 Å². The molecular formula is C13H17FN2O3. The van der Waals surface area contributed by atoms with Gasteiger partial charge in [-0.3, -0.25) is 0 Å². The van der Waals surface area contributed by atoms with Gasteiger partial charge in [-0.2, -0.15) is 0 Å². The van der Waals surface area contributed by atoms with Crippen molar-refractivity contribution in [2.24, 2.45) is 5.73 Å². The first kappa shape index (κ1) is 13.8. The van der Waals surface area contributed by atoms with Gasteiger partial charge < -0.3 is 20.5 Å². The third-order valence-electron chi connectivity index (χ3n) is 3.45. The van der Waals surface area contributed by atoms with Gasteiger partial charge >= 0.3 is 5.97 Å². The third-order valence-corrected chi connectivity index (χ3v) is 3.45. The zero-order valence-electron chi connectivity index (χ0n) is 10.7. The summed E-state index contributed by atoms with van der Waals surface area (Å²) in [5, 5.41) is 8.95. The van der Waals surface area contributed by atoms with E-state index in [0.717, 1.165) is 0 Å². The van der Waals surface area contributed by atoms with Crippen LogP contribution in [0.1, 0.15) is 16.8 Å². The Morgan fingerprint density at radius 1 is 1.58 bits per heavy atom. The van der Waals surface area contributed by atoms with Crippen LogP contribution in [0.4, 0.5) is 10.1 Å². The average molecular weight is 268 g/mol. The molecule has 5 nitrogen and oxygen atoms in total. The van der Waals surface area contributed by atoms with Crippen molar-refractivity contribution in [2.45, 2.75) is 18.6 Å². The summed E-state index contributed by atoms with van der Waals surface area (Å²) in [5.41, 5.74) is 6.26. The molecule has 1 aromatic rings. The maximum absolute atomic E-state index is 13.8. The summed E-state index contributed by atoms with van der Waals surface area (Å²) in [6.45, 7) is 1.04. The number of carboxylic acids is 1. The van der Waals surface area contributed by atoms with Crippen molar-refractivity contribution >= 4 is 11.7 Å². The van der Waals surface area contributed by atoms with Crippen molar-refractivity contribution in [3.63, 3.8) is 0 Å². The molecule has 1 aliphatic heterocycles.